The second-order valence-electron chi connectivity index (χ2n) is 7.85. The van der Waals surface area contributed by atoms with Gasteiger partial charge in [0.2, 0.25) is 5.91 Å². The number of likely N-dealkylation sites (tertiary alicyclic amines) is 1. The van der Waals surface area contributed by atoms with E-state index < -0.39 is 9.84 Å². The van der Waals surface area contributed by atoms with Gasteiger partial charge in [0, 0.05) is 37.7 Å². The van der Waals surface area contributed by atoms with Crippen LogP contribution in [0.3, 0.4) is 0 Å². The number of hydrogen-bond acceptors (Lipinski definition) is 6. The Balaban J connectivity index is 1.39. The first kappa shape index (κ1) is 21.6. The van der Waals surface area contributed by atoms with E-state index in [9.17, 15) is 18.0 Å². The van der Waals surface area contributed by atoms with Crippen LogP contribution in [-0.2, 0) is 25.1 Å². The van der Waals surface area contributed by atoms with Crippen molar-refractivity contribution >= 4 is 21.7 Å². The van der Waals surface area contributed by atoms with Crippen molar-refractivity contribution in [1.82, 2.24) is 9.80 Å². The summed E-state index contributed by atoms with van der Waals surface area (Å²) in [7, 11) is -3.59. The van der Waals surface area contributed by atoms with Crippen LogP contribution in [0.2, 0.25) is 0 Å². The molecule has 2 aromatic rings. The van der Waals surface area contributed by atoms with Gasteiger partial charge in [-0.15, -0.1) is 0 Å². The van der Waals surface area contributed by atoms with Gasteiger partial charge in [-0.25, -0.2) is 8.42 Å². The number of carbonyl (C=O) groups is 2. The molecular formula is C22H26N2O6S. The third-order valence-corrected chi connectivity index (χ3v) is 7.52. The maximum atomic E-state index is 13.0. The second-order valence-corrected chi connectivity index (χ2v) is 9.84. The fourth-order valence-corrected chi connectivity index (χ4v) is 5.44. The minimum atomic E-state index is -3.59. The van der Waals surface area contributed by atoms with Crippen molar-refractivity contribution in [3.05, 3.63) is 54.0 Å². The zero-order chi connectivity index (χ0) is 21.8. The lowest BCUT2D eigenvalue weighted by atomic mass is 9.95. The lowest BCUT2D eigenvalue weighted by Gasteiger charge is -2.35. The third kappa shape index (κ3) is 4.83. The van der Waals surface area contributed by atoms with E-state index in [-0.39, 0.29) is 34.1 Å². The second kappa shape index (κ2) is 9.23. The van der Waals surface area contributed by atoms with Crippen molar-refractivity contribution < 1.29 is 27.2 Å². The van der Waals surface area contributed by atoms with Crippen molar-refractivity contribution in [3.8, 4) is 0 Å². The van der Waals surface area contributed by atoms with Crippen molar-refractivity contribution in [2.45, 2.75) is 23.5 Å². The average Bonchev–Trinajstić information content (AvgIpc) is 3.26. The highest BCUT2D eigenvalue weighted by Crippen LogP contribution is 2.25. The summed E-state index contributed by atoms with van der Waals surface area (Å²) in [5.41, 5.74) is 0.348. The predicted molar refractivity (Wildman–Crippen MR) is 112 cm³/mol. The van der Waals surface area contributed by atoms with Crippen LogP contribution in [0.1, 0.15) is 29.0 Å². The van der Waals surface area contributed by atoms with Crippen molar-refractivity contribution in [3.63, 3.8) is 0 Å². The quantitative estimate of drug-likeness (QED) is 0.697. The van der Waals surface area contributed by atoms with Crippen LogP contribution >= 0.6 is 0 Å². The van der Waals surface area contributed by atoms with Crippen LogP contribution in [0.25, 0.3) is 0 Å². The zero-order valence-electron chi connectivity index (χ0n) is 17.2. The van der Waals surface area contributed by atoms with E-state index in [1.54, 1.807) is 23.1 Å². The molecule has 0 N–H and O–H groups in total. The maximum Gasteiger partial charge on any atom is 0.289 e. The van der Waals surface area contributed by atoms with Crippen molar-refractivity contribution in [1.29, 1.82) is 0 Å². The first-order chi connectivity index (χ1) is 15.0. The van der Waals surface area contributed by atoms with Crippen molar-refractivity contribution in [2.75, 3.05) is 39.4 Å². The van der Waals surface area contributed by atoms with Gasteiger partial charge in [0.1, 0.15) is 0 Å². The van der Waals surface area contributed by atoms with E-state index in [0.29, 0.717) is 57.8 Å². The minimum Gasteiger partial charge on any atom is -0.459 e. The average molecular weight is 447 g/mol. The number of ether oxygens (including phenoxy) is 1. The van der Waals surface area contributed by atoms with Crippen LogP contribution in [-0.4, -0.2) is 69.4 Å². The van der Waals surface area contributed by atoms with Crippen LogP contribution in [0.5, 0.6) is 0 Å². The number of sulfone groups is 1. The number of hydrogen-bond donors (Lipinski definition) is 0. The summed E-state index contributed by atoms with van der Waals surface area (Å²) >= 11 is 0. The molecule has 3 heterocycles. The summed E-state index contributed by atoms with van der Waals surface area (Å²) in [6.07, 6.45) is 2.51. The Labute approximate surface area is 181 Å². The molecule has 1 aromatic carbocycles. The van der Waals surface area contributed by atoms with Crippen molar-refractivity contribution in [2.24, 2.45) is 5.92 Å². The molecule has 0 saturated carbocycles. The molecule has 0 spiro atoms. The number of nitrogens with zero attached hydrogens (tertiary/aromatic N) is 2. The molecule has 1 aromatic heterocycles. The number of benzene rings is 1. The third-order valence-electron chi connectivity index (χ3n) is 5.84. The van der Waals surface area contributed by atoms with Gasteiger partial charge < -0.3 is 19.0 Å². The molecule has 0 bridgehead atoms. The molecule has 2 aliphatic heterocycles. The first-order valence-corrected chi connectivity index (χ1v) is 12.1. The highest BCUT2D eigenvalue weighted by molar-refractivity contribution is 7.90. The van der Waals surface area contributed by atoms with Gasteiger partial charge in [-0.3, -0.25) is 9.59 Å². The fourth-order valence-electron chi connectivity index (χ4n) is 4.07. The van der Waals surface area contributed by atoms with E-state index in [0.717, 1.165) is 0 Å². The number of rotatable bonds is 5. The topological polar surface area (TPSA) is 97.1 Å². The van der Waals surface area contributed by atoms with Gasteiger partial charge in [0.25, 0.3) is 5.91 Å². The van der Waals surface area contributed by atoms with Crippen LogP contribution in [0, 0.1) is 5.92 Å². The number of morpholine rings is 1. The molecule has 31 heavy (non-hydrogen) atoms. The lowest BCUT2D eigenvalue weighted by Crippen LogP contribution is -2.47. The van der Waals surface area contributed by atoms with Gasteiger partial charge in [-0.1, -0.05) is 18.2 Å². The molecule has 2 aliphatic rings. The van der Waals surface area contributed by atoms with Crippen LogP contribution in [0.4, 0.5) is 0 Å². The molecular weight excluding hydrogens is 420 g/mol. The smallest absolute Gasteiger partial charge is 0.289 e. The van der Waals surface area contributed by atoms with Crippen LogP contribution in [0.15, 0.2) is 52.0 Å². The highest BCUT2D eigenvalue weighted by Gasteiger charge is 2.33. The standard InChI is InChI=1S/C22H26N2O6S/c25-21(24-11-14-29-15-12-24)17-6-9-23(10-7-17)22(26)20-18(8-13-30-20)16-31(27,28)19-4-2-1-3-5-19/h1-5,8,13,17H,6-7,9-12,14-16H2. The Bertz CT molecular complexity index is 1020. The molecule has 2 fully saturated rings. The summed E-state index contributed by atoms with van der Waals surface area (Å²) in [4.78, 5) is 29.4. The Morgan fingerprint density at radius 2 is 1.61 bits per heavy atom. The summed E-state index contributed by atoms with van der Waals surface area (Å²) < 4.78 is 36.1. The number of piperidine rings is 1. The van der Waals surface area contributed by atoms with Gasteiger partial charge in [0.05, 0.1) is 30.1 Å². The Morgan fingerprint density at radius 3 is 2.29 bits per heavy atom. The molecule has 0 unspecified atom stereocenters. The molecule has 0 radical (unpaired) electrons. The van der Waals surface area contributed by atoms with E-state index in [1.165, 1.54) is 24.5 Å². The molecule has 0 aliphatic carbocycles. The van der Waals surface area contributed by atoms with Gasteiger partial charge in [0.15, 0.2) is 15.6 Å². The molecule has 2 amide bonds. The molecule has 166 valence electrons. The Kier molecular flexibility index (Phi) is 6.43. The number of carbonyl (C=O) groups excluding carboxylic acids is 2. The van der Waals surface area contributed by atoms with Gasteiger partial charge in [-0.2, -0.15) is 0 Å². The monoisotopic (exact) mass is 446 g/mol. The molecule has 8 nitrogen and oxygen atoms in total. The van der Waals surface area contributed by atoms with E-state index in [1.807, 2.05) is 4.90 Å². The Hall–Kier alpha value is -2.65. The normalized spacial score (nSPS) is 18.2. The largest absolute Gasteiger partial charge is 0.459 e. The SMILES string of the molecule is O=C(c1occc1CS(=O)(=O)c1ccccc1)N1CCC(C(=O)N2CCOCC2)CC1. The number of furan rings is 1. The summed E-state index contributed by atoms with van der Waals surface area (Å²) in [5.74, 6) is -0.557. The summed E-state index contributed by atoms with van der Waals surface area (Å²) in [6.45, 7) is 3.23. The fraction of sp³-hybridized carbons (Fsp3) is 0.455. The number of amides is 2. The molecule has 9 heteroatoms. The molecule has 0 atom stereocenters. The van der Waals surface area contributed by atoms with E-state index >= 15 is 0 Å². The highest BCUT2D eigenvalue weighted by atomic mass is 32.2. The van der Waals surface area contributed by atoms with E-state index in [2.05, 4.69) is 0 Å². The first-order valence-electron chi connectivity index (χ1n) is 10.5. The van der Waals surface area contributed by atoms with Gasteiger partial charge >= 0.3 is 0 Å². The minimum absolute atomic E-state index is 0.0532. The summed E-state index contributed by atoms with van der Waals surface area (Å²) in [6, 6.07) is 9.68. The zero-order valence-corrected chi connectivity index (χ0v) is 18.1. The molecule has 2 saturated heterocycles. The van der Waals surface area contributed by atoms with Gasteiger partial charge in [-0.05, 0) is 31.0 Å². The van der Waals surface area contributed by atoms with Crippen LogP contribution < -0.4 is 0 Å². The molecule has 4 rings (SSSR count). The predicted octanol–water partition coefficient (Wildman–Crippen LogP) is 1.96. The summed E-state index contributed by atoms with van der Waals surface area (Å²) in [5, 5.41) is 0. The Morgan fingerprint density at radius 1 is 0.935 bits per heavy atom. The van der Waals surface area contributed by atoms with E-state index in [4.69, 9.17) is 9.15 Å². The lowest BCUT2D eigenvalue weighted by molar-refractivity contribution is -0.141. The maximum absolute atomic E-state index is 13.0.